The van der Waals surface area contributed by atoms with Gasteiger partial charge < -0.3 is 10.3 Å². The fourth-order valence-corrected chi connectivity index (χ4v) is 2.59. The van der Waals surface area contributed by atoms with E-state index in [-0.39, 0.29) is 5.91 Å². The normalized spacial score (nSPS) is 14.6. The van der Waals surface area contributed by atoms with Crippen molar-refractivity contribution in [2.24, 2.45) is 0 Å². The predicted molar refractivity (Wildman–Crippen MR) is 77.2 cm³/mol. The van der Waals surface area contributed by atoms with Gasteiger partial charge in [0, 0.05) is 17.4 Å². The third-order valence-corrected chi connectivity index (χ3v) is 3.64. The van der Waals surface area contributed by atoms with Crippen LogP contribution in [0, 0.1) is 0 Å². The average molecular weight is 254 g/mol. The summed E-state index contributed by atoms with van der Waals surface area (Å²) in [6, 6.07) is 9.83. The Morgan fingerprint density at radius 3 is 3.00 bits per heavy atom. The third-order valence-electron chi connectivity index (χ3n) is 3.64. The summed E-state index contributed by atoms with van der Waals surface area (Å²) in [6.45, 7) is 0.722. The smallest absolute Gasteiger partial charge is 0.267 e. The Morgan fingerprint density at radius 1 is 1.32 bits per heavy atom. The number of hydrogen-bond acceptors (Lipinski definition) is 1. The van der Waals surface area contributed by atoms with Crippen molar-refractivity contribution in [1.29, 1.82) is 0 Å². The van der Waals surface area contributed by atoms with E-state index in [1.54, 1.807) is 0 Å². The summed E-state index contributed by atoms with van der Waals surface area (Å²) in [4.78, 5) is 15.2. The number of rotatable bonds is 4. The number of fused-ring (bicyclic) bond motifs is 1. The van der Waals surface area contributed by atoms with Crippen LogP contribution in [0.1, 0.15) is 36.2 Å². The molecule has 0 radical (unpaired) electrons. The first kappa shape index (κ1) is 12.0. The first-order valence-corrected chi connectivity index (χ1v) is 6.87. The van der Waals surface area contributed by atoms with Gasteiger partial charge in [-0.3, -0.25) is 4.79 Å². The highest BCUT2D eigenvalue weighted by atomic mass is 16.1. The lowest BCUT2D eigenvalue weighted by molar-refractivity contribution is 0.0950. The molecule has 1 amide bonds. The Hall–Kier alpha value is -2.03. The van der Waals surface area contributed by atoms with Gasteiger partial charge in [-0.1, -0.05) is 29.8 Å². The molecule has 1 aromatic carbocycles. The van der Waals surface area contributed by atoms with Gasteiger partial charge in [0.1, 0.15) is 5.69 Å². The van der Waals surface area contributed by atoms with E-state index in [4.69, 9.17) is 0 Å². The van der Waals surface area contributed by atoms with Crippen LogP contribution in [0.2, 0.25) is 0 Å². The van der Waals surface area contributed by atoms with Gasteiger partial charge in [-0.15, -0.1) is 0 Å². The molecule has 0 saturated heterocycles. The molecule has 0 aliphatic heterocycles. The number of aromatic amines is 1. The second-order valence-electron chi connectivity index (χ2n) is 5.03. The second-order valence-corrected chi connectivity index (χ2v) is 5.03. The topological polar surface area (TPSA) is 44.9 Å². The average Bonchev–Trinajstić information content (AvgIpc) is 3.07. The van der Waals surface area contributed by atoms with E-state index in [1.165, 1.54) is 24.8 Å². The molecule has 1 heterocycles. The number of aromatic nitrogens is 1. The third kappa shape index (κ3) is 2.70. The molecular weight excluding hydrogens is 236 g/mol. The monoisotopic (exact) mass is 254 g/mol. The largest absolute Gasteiger partial charge is 0.351 e. The van der Waals surface area contributed by atoms with Crippen molar-refractivity contribution in [1.82, 2.24) is 10.3 Å². The van der Waals surface area contributed by atoms with Crippen molar-refractivity contribution in [2.75, 3.05) is 6.54 Å². The summed E-state index contributed by atoms with van der Waals surface area (Å²) in [5.74, 6) is -0.0187. The number of carbonyl (C=O) groups is 1. The molecule has 1 aromatic heterocycles. The van der Waals surface area contributed by atoms with Crippen molar-refractivity contribution in [2.45, 2.75) is 25.7 Å². The maximum absolute atomic E-state index is 12.0. The Kier molecular flexibility index (Phi) is 3.36. The van der Waals surface area contributed by atoms with Gasteiger partial charge in [0.15, 0.2) is 0 Å². The lowest BCUT2D eigenvalue weighted by atomic mass is 10.2. The summed E-state index contributed by atoms with van der Waals surface area (Å²) in [7, 11) is 0. The van der Waals surface area contributed by atoms with Crippen molar-refractivity contribution >= 4 is 16.8 Å². The van der Waals surface area contributed by atoms with Gasteiger partial charge >= 0.3 is 0 Å². The van der Waals surface area contributed by atoms with Crippen LogP contribution in [0.3, 0.4) is 0 Å². The van der Waals surface area contributed by atoms with Gasteiger partial charge in [0.2, 0.25) is 0 Å². The molecule has 1 aliphatic carbocycles. The zero-order chi connectivity index (χ0) is 13.1. The van der Waals surface area contributed by atoms with E-state index in [9.17, 15) is 4.79 Å². The fourth-order valence-electron chi connectivity index (χ4n) is 2.59. The number of benzene rings is 1. The Morgan fingerprint density at radius 2 is 2.21 bits per heavy atom. The zero-order valence-electron chi connectivity index (χ0n) is 10.9. The van der Waals surface area contributed by atoms with Crippen LogP contribution in [0.15, 0.2) is 42.0 Å². The SMILES string of the molecule is O=C(NCCC1=CCCC1)c1cc2ccccc2[nH]1. The summed E-state index contributed by atoms with van der Waals surface area (Å²) >= 11 is 0. The highest BCUT2D eigenvalue weighted by Crippen LogP contribution is 2.20. The first-order valence-electron chi connectivity index (χ1n) is 6.87. The molecule has 2 aromatic rings. The Labute approximate surface area is 112 Å². The number of H-pyrrole nitrogens is 1. The van der Waals surface area contributed by atoms with Crippen LogP contribution in [0.25, 0.3) is 10.9 Å². The minimum Gasteiger partial charge on any atom is -0.351 e. The molecule has 0 saturated carbocycles. The van der Waals surface area contributed by atoms with Crippen LogP contribution in [-0.2, 0) is 0 Å². The Balaban J connectivity index is 1.60. The maximum atomic E-state index is 12.0. The van der Waals surface area contributed by atoms with Gasteiger partial charge in [-0.25, -0.2) is 0 Å². The summed E-state index contributed by atoms with van der Waals surface area (Å²) in [5, 5.41) is 4.05. The lowest BCUT2D eigenvalue weighted by Gasteiger charge is -2.04. The van der Waals surface area contributed by atoms with Gasteiger partial charge in [-0.2, -0.15) is 0 Å². The van der Waals surface area contributed by atoms with Crippen LogP contribution >= 0.6 is 0 Å². The standard InChI is InChI=1S/C16H18N2O/c19-16(17-10-9-12-5-1-2-6-12)15-11-13-7-3-4-8-14(13)18-15/h3-5,7-8,11,18H,1-2,6,9-10H2,(H,17,19). The van der Waals surface area contributed by atoms with E-state index in [1.807, 2.05) is 30.3 Å². The van der Waals surface area contributed by atoms with Gasteiger partial charge in [0.05, 0.1) is 0 Å². The number of allylic oxidation sites excluding steroid dienone is 1. The second kappa shape index (κ2) is 5.31. The number of carbonyl (C=O) groups excluding carboxylic acids is 1. The minimum atomic E-state index is -0.0187. The van der Waals surface area contributed by atoms with E-state index in [0.29, 0.717) is 5.69 Å². The van der Waals surface area contributed by atoms with E-state index < -0.39 is 0 Å². The van der Waals surface area contributed by atoms with E-state index in [2.05, 4.69) is 16.4 Å². The van der Waals surface area contributed by atoms with Crippen LogP contribution < -0.4 is 5.32 Å². The molecule has 2 N–H and O–H groups in total. The molecule has 3 heteroatoms. The number of para-hydroxylation sites is 1. The van der Waals surface area contributed by atoms with Gasteiger partial charge in [-0.05, 0) is 37.8 Å². The first-order chi connectivity index (χ1) is 9.33. The molecule has 0 atom stereocenters. The molecule has 0 unspecified atom stereocenters. The van der Waals surface area contributed by atoms with Crippen molar-refractivity contribution < 1.29 is 4.79 Å². The molecular formula is C16H18N2O. The highest BCUT2D eigenvalue weighted by Gasteiger charge is 2.09. The quantitative estimate of drug-likeness (QED) is 0.807. The van der Waals surface area contributed by atoms with Crippen molar-refractivity contribution in [3.63, 3.8) is 0 Å². The molecule has 0 fully saturated rings. The molecule has 3 rings (SSSR count). The molecule has 98 valence electrons. The maximum Gasteiger partial charge on any atom is 0.267 e. The van der Waals surface area contributed by atoms with Crippen molar-refractivity contribution in [3.05, 3.63) is 47.7 Å². The zero-order valence-corrected chi connectivity index (χ0v) is 10.9. The summed E-state index contributed by atoms with van der Waals surface area (Å²) in [6.07, 6.45) is 6.94. The lowest BCUT2D eigenvalue weighted by Crippen LogP contribution is -2.24. The van der Waals surface area contributed by atoms with Crippen LogP contribution in [-0.4, -0.2) is 17.4 Å². The van der Waals surface area contributed by atoms with Gasteiger partial charge in [0.25, 0.3) is 5.91 Å². The summed E-state index contributed by atoms with van der Waals surface area (Å²) in [5.41, 5.74) is 3.13. The van der Waals surface area contributed by atoms with Crippen LogP contribution in [0.5, 0.6) is 0 Å². The Bertz CT molecular complexity index is 591. The number of nitrogens with one attached hydrogen (secondary N) is 2. The molecule has 1 aliphatic rings. The van der Waals surface area contributed by atoms with E-state index >= 15 is 0 Å². The molecule has 3 nitrogen and oxygen atoms in total. The van der Waals surface area contributed by atoms with Crippen LogP contribution in [0.4, 0.5) is 0 Å². The summed E-state index contributed by atoms with van der Waals surface area (Å²) < 4.78 is 0. The molecule has 0 spiro atoms. The highest BCUT2D eigenvalue weighted by molar-refractivity contribution is 5.97. The van der Waals surface area contributed by atoms with E-state index in [0.717, 1.165) is 23.9 Å². The predicted octanol–water partition coefficient (Wildman–Crippen LogP) is 3.40. The fraction of sp³-hybridized carbons (Fsp3) is 0.312. The van der Waals surface area contributed by atoms with Crippen molar-refractivity contribution in [3.8, 4) is 0 Å². The number of amides is 1. The minimum absolute atomic E-state index is 0.0187. The molecule has 19 heavy (non-hydrogen) atoms. The molecule has 0 bridgehead atoms. The number of hydrogen-bond donors (Lipinski definition) is 2.